The van der Waals surface area contributed by atoms with Crippen molar-refractivity contribution in [2.45, 2.75) is 12.1 Å². The van der Waals surface area contributed by atoms with Gasteiger partial charge in [0, 0.05) is 24.7 Å². The zero-order valence-corrected chi connectivity index (χ0v) is 9.17. The summed E-state index contributed by atoms with van der Waals surface area (Å²) in [5.74, 6) is -0.196. The second-order valence-electron chi connectivity index (χ2n) is 4.27. The lowest BCUT2D eigenvalue weighted by Crippen LogP contribution is -2.32. The molecule has 1 aromatic rings. The molecule has 0 saturated carbocycles. The normalized spacial score (nSPS) is 22.1. The molecule has 0 unspecified atom stereocenters. The first kappa shape index (κ1) is 12.1. The third-order valence-electron chi connectivity index (χ3n) is 2.86. The molecule has 5 heteroatoms. The second-order valence-corrected chi connectivity index (χ2v) is 4.27. The van der Waals surface area contributed by atoms with Gasteiger partial charge in [0.1, 0.15) is 0 Å². The molecule has 1 atom stereocenters. The quantitative estimate of drug-likeness (QED) is 0.848. The van der Waals surface area contributed by atoms with E-state index in [1.54, 1.807) is 0 Å². The Hall–Kier alpha value is -1.36. The van der Waals surface area contributed by atoms with Crippen LogP contribution in [-0.2, 0) is 0 Å². The molecule has 1 aliphatic rings. The van der Waals surface area contributed by atoms with Crippen molar-refractivity contribution in [1.29, 1.82) is 5.41 Å². The van der Waals surface area contributed by atoms with Gasteiger partial charge in [0.25, 0.3) is 0 Å². The summed E-state index contributed by atoms with van der Waals surface area (Å²) in [5, 5.41) is 7.77. The average molecular weight is 242 g/mol. The summed E-state index contributed by atoms with van der Waals surface area (Å²) in [7, 11) is 0. The van der Waals surface area contributed by atoms with E-state index in [0.29, 0.717) is 5.71 Å². The minimum atomic E-state index is -4.19. The predicted molar refractivity (Wildman–Crippen MR) is 59.4 cm³/mol. The first-order chi connectivity index (χ1) is 7.96. The number of nitrogens with zero attached hydrogens (tertiary/aromatic N) is 1. The van der Waals surface area contributed by atoms with Gasteiger partial charge in [-0.1, -0.05) is 30.3 Å². The van der Waals surface area contributed by atoms with Gasteiger partial charge in [0.2, 0.25) is 0 Å². The Morgan fingerprint density at radius 3 is 2.47 bits per heavy atom. The molecular formula is C12H13F3N2. The van der Waals surface area contributed by atoms with E-state index in [2.05, 4.69) is 0 Å². The maximum Gasteiger partial charge on any atom is 0.401 e. The van der Waals surface area contributed by atoms with E-state index < -0.39 is 12.7 Å². The molecule has 2 nitrogen and oxygen atoms in total. The third kappa shape index (κ3) is 3.06. The number of benzene rings is 1. The summed E-state index contributed by atoms with van der Waals surface area (Å²) in [4.78, 5) is 1.28. The summed E-state index contributed by atoms with van der Waals surface area (Å²) in [6.07, 6.45) is -4.19. The number of hydrogen-bond donors (Lipinski definition) is 1. The molecule has 1 N–H and O–H groups in total. The molecule has 1 heterocycles. The van der Waals surface area contributed by atoms with Gasteiger partial charge in [-0.2, -0.15) is 13.2 Å². The van der Waals surface area contributed by atoms with E-state index in [0.717, 1.165) is 5.56 Å². The van der Waals surface area contributed by atoms with Crippen LogP contribution in [0.4, 0.5) is 13.2 Å². The van der Waals surface area contributed by atoms with E-state index >= 15 is 0 Å². The molecule has 0 bridgehead atoms. The maximum absolute atomic E-state index is 12.3. The third-order valence-corrected chi connectivity index (χ3v) is 2.86. The van der Waals surface area contributed by atoms with Crippen molar-refractivity contribution in [2.24, 2.45) is 0 Å². The largest absolute Gasteiger partial charge is 0.401 e. The number of hydrogen-bond acceptors (Lipinski definition) is 2. The van der Waals surface area contributed by atoms with Gasteiger partial charge in [-0.25, -0.2) is 0 Å². The number of rotatable bonds is 2. The van der Waals surface area contributed by atoms with Crippen LogP contribution in [-0.4, -0.2) is 36.4 Å². The number of nitrogens with one attached hydrogen (secondary N) is 1. The lowest BCUT2D eigenvalue weighted by molar-refractivity contribution is -0.143. The maximum atomic E-state index is 12.3. The molecule has 0 aliphatic carbocycles. The highest BCUT2D eigenvalue weighted by Gasteiger charge is 2.36. The van der Waals surface area contributed by atoms with Gasteiger partial charge in [-0.05, 0) is 5.56 Å². The molecule has 0 spiro atoms. The molecular weight excluding hydrogens is 229 g/mol. The Bertz CT molecular complexity index is 400. The molecule has 1 fully saturated rings. The minimum absolute atomic E-state index is 0.110. The fourth-order valence-corrected chi connectivity index (χ4v) is 2.15. The molecule has 2 rings (SSSR count). The molecule has 1 saturated heterocycles. The van der Waals surface area contributed by atoms with Gasteiger partial charge in [0.05, 0.1) is 6.54 Å². The zero-order chi connectivity index (χ0) is 12.5. The van der Waals surface area contributed by atoms with Crippen LogP contribution < -0.4 is 0 Å². The summed E-state index contributed by atoms with van der Waals surface area (Å²) < 4.78 is 36.8. The van der Waals surface area contributed by atoms with Crippen molar-refractivity contribution in [3.63, 3.8) is 0 Å². The van der Waals surface area contributed by atoms with Gasteiger partial charge < -0.3 is 5.41 Å². The van der Waals surface area contributed by atoms with Crippen molar-refractivity contribution in [1.82, 2.24) is 4.90 Å². The molecule has 17 heavy (non-hydrogen) atoms. The van der Waals surface area contributed by atoms with Gasteiger partial charge in [-0.3, -0.25) is 4.90 Å². The lowest BCUT2D eigenvalue weighted by atomic mass is 9.97. The van der Waals surface area contributed by atoms with Crippen LogP contribution in [0.15, 0.2) is 30.3 Å². The van der Waals surface area contributed by atoms with E-state index in [4.69, 9.17) is 5.41 Å². The van der Waals surface area contributed by atoms with Crippen LogP contribution >= 0.6 is 0 Å². The summed E-state index contributed by atoms with van der Waals surface area (Å²) in [5.41, 5.74) is 1.28. The second kappa shape index (κ2) is 4.49. The highest BCUT2D eigenvalue weighted by Crippen LogP contribution is 2.27. The number of halogens is 3. The fourth-order valence-electron chi connectivity index (χ4n) is 2.15. The minimum Gasteiger partial charge on any atom is -0.308 e. The molecule has 0 amide bonds. The first-order valence-electron chi connectivity index (χ1n) is 5.37. The zero-order valence-electron chi connectivity index (χ0n) is 9.17. The number of likely N-dealkylation sites (tertiary alicyclic amines) is 1. The Labute approximate surface area is 97.6 Å². The van der Waals surface area contributed by atoms with Crippen LogP contribution in [0.1, 0.15) is 11.5 Å². The van der Waals surface area contributed by atoms with Crippen molar-refractivity contribution in [2.75, 3.05) is 19.6 Å². The van der Waals surface area contributed by atoms with E-state index in [-0.39, 0.29) is 19.0 Å². The Balaban J connectivity index is 2.06. The van der Waals surface area contributed by atoms with Crippen LogP contribution in [0.5, 0.6) is 0 Å². The first-order valence-corrected chi connectivity index (χ1v) is 5.37. The van der Waals surface area contributed by atoms with Crippen LogP contribution in [0, 0.1) is 5.41 Å². The molecule has 92 valence electrons. The molecule has 1 aliphatic heterocycles. The van der Waals surface area contributed by atoms with Crippen molar-refractivity contribution >= 4 is 5.71 Å². The van der Waals surface area contributed by atoms with E-state index in [1.807, 2.05) is 30.3 Å². The standard InChI is InChI=1S/C12H13F3N2/c13-12(14,15)8-17-6-10(11(16)7-17)9-4-2-1-3-5-9/h1-5,10,16H,6-8H2/t10-/m0/s1. The Morgan fingerprint density at radius 1 is 1.24 bits per heavy atom. The van der Waals surface area contributed by atoms with E-state index in [1.165, 1.54) is 4.90 Å². The Kier molecular flexibility index (Phi) is 3.19. The fraction of sp³-hybridized carbons (Fsp3) is 0.417. The van der Waals surface area contributed by atoms with Crippen LogP contribution in [0.25, 0.3) is 0 Å². The molecule has 1 aromatic carbocycles. The summed E-state index contributed by atoms with van der Waals surface area (Å²) >= 11 is 0. The van der Waals surface area contributed by atoms with Gasteiger partial charge in [0.15, 0.2) is 0 Å². The lowest BCUT2D eigenvalue weighted by Gasteiger charge is -2.17. The average Bonchev–Trinajstić information content (AvgIpc) is 2.58. The topological polar surface area (TPSA) is 27.1 Å². The van der Waals surface area contributed by atoms with Crippen LogP contribution in [0.3, 0.4) is 0 Å². The number of alkyl halides is 3. The van der Waals surface area contributed by atoms with Gasteiger partial charge >= 0.3 is 6.18 Å². The molecule has 0 aromatic heterocycles. The van der Waals surface area contributed by atoms with Crippen molar-refractivity contribution < 1.29 is 13.2 Å². The van der Waals surface area contributed by atoms with Crippen molar-refractivity contribution in [3.05, 3.63) is 35.9 Å². The van der Waals surface area contributed by atoms with Crippen molar-refractivity contribution in [3.8, 4) is 0 Å². The van der Waals surface area contributed by atoms with Gasteiger partial charge in [-0.15, -0.1) is 0 Å². The SMILES string of the molecule is N=C1CN(CC(F)(F)F)C[C@H]1c1ccccc1. The van der Waals surface area contributed by atoms with E-state index in [9.17, 15) is 13.2 Å². The smallest absolute Gasteiger partial charge is 0.308 e. The monoisotopic (exact) mass is 242 g/mol. The Morgan fingerprint density at radius 2 is 1.88 bits per heavy atom. The molecule has 0 radical (unpaired) electrons. The summed E-state index contributed by atoms with van der Waals surface area (Å²) in [6.45, 7) is -0.542. The predicted octanol–water partition coefficient (Wildman–Crippen LogP) is 2.67. The highest BCUT2D eigenvalue weighted by atomic mass is 19.4. The van der Waals surface area contributed by atoms with Crippen LogP contribution in [0.2, 0.25) is 0 Å². The highest BCUT2D eigenvalue weighted by molar-refractivity contribution is 5.92. The summed E-state index contributed by atoms with van der Waals surface area (Å²) in [6, 6.07) is 9.26.